The van der Waals surface area contributed by atoms with Crippen LogP contribution in [-0.2, 0) is 0 Å². The zero-order valence-corrected chi connectivity index (χ0v) is 9.66. The molecule has 82 valence electrons. The second kappa shape index (κ2) is 3.27. The van der Waals surface area contributed by atoms with E-state index in [-0.39, 0.29) is 0 Å². The molecular weight excluding hydrogens is 198 g/mol. The molecular formula is C14H15NO. The lowest BCUT2D eigenvalue weighted by Gasteiger charge is -2.14. The molecule has 2 atom stereocenters. The lowest BCUT2D eigenvalue weighted by atomic mass is 9.91. The summed E-state index contributed by atoms with van der Waals surface area (Å²) < 4.78 is 0. The van der Waals surface area contributed by atoms with Gasteiger partial charge < -0.3 is 0 Å². The van der Waals surface area contributed by atoms with Gasteiger partial charge in [0.2, 0.25) is 0 Å². The van der Waals surface area contributed by atoms with E-state index >= 15 is 0 Å². The quantitative estimate of drug-likeness (QED) is 0.502. The van der Waals surface area contributed by atoms with Crippen LogP contribution in [0, 0.1) is 4.91 Å². The van der Waals surface area contributed by atoms with Crippen molar-refractivity contribution in [2.24, 2.45) is 5.18 Å². The molecule has 0 heterocycles. The molecule has 0 spiro atoms. The Morgan fingerprint density at radius 3 is 2.69 bits per heavy atom. The van der Waals surface area contributed by atoms with Crippen LogP contribution in [0.5, 0.6) is 0 Å². The summed E-state index contributed by atoms with van der Waals surface area (Å²) in [6.07, 6.45) is 2.42. The van der Waals surface area contributed by atoms with Crippen LogP contribution in [0.15, 0.2) is 34.5 Å². The van der Waals surface area contributed by atoms with Gasteiger partial charge in [-0.3, -0.25) is 0 Å². The van der Waals surface area contributed by atoms with Crippen LogP contribution in [0.25, 0.3) is 0 Å². The van der Waals surface area contributed by atoms with E-state index in [9.17, 15) is 4.91 Å². The summed E-state index contributed by atoms with van der Waals surface area (Å²) in [6, 6.07) is 5.96. The van der Waals surface area contributed by atoms with Crippen LogP contribution in [0.3, 0.4) is 0 Å². The Kier molecular flexibility index (Phi) is 2.00. The lowest BCUT2D eigenvalue weighted by molar-refractivity contribution is 0.718. The zero-order valence-electron chi connectivity index (χ0n) is 9.66. The first-order valence-electron chi connectivity index (χ1n) is 5.87. The van der Waals surface area contributed by atoms with E-state index in [4.69, 9.17) is 0 Å². The highest BCUT2D eigenvalue weighted by molar-refractivity contribution is 5.64. The van der Waals surface area contributed by atoms with Crippen LogP contribution in [-0.4, -0.2) is 0 Å². The molecule has 2 nitrogen and oxygen atoms in total. The van der Waals surface area contributed by atoms with Crippen LogP contribution in [0.1, 0.15) is 49.7 Å². The topological polar surface area (TPSA) is 29.4 Å². The number of hydrogen-bond donors (Lipinski definition) is 0. The molecule has 2 aliphatic carbocycles. The molecule has 2 aliphatic rings. The van der Waals surface area contributed by atoms with Gasteiger partial charge in [-0.1, -0.05) is 23.3 Å². The van der Waals surface area contributed by atoms with Crippen molar-refractivity contribution < 1.29 is 0 Å². The summed E-state index contributed by atoms with van der Waals surface area (Å²) in [5.41, 5.74) is 6.18. The standard InChI is InChI=1S/C14H15NO/c1-8(2)13-10-6-7-11(13)14-9(10)4-3-5-12(14)15-16/h3-5,10-11H,6-7H2,1-2H3. The molecule has 1 aromatic rings. The lowest BCUT2D eigenvalue weighted by Crippen LogP contribution is -1.97. The van der Waals surface area contributed by atoms with Gasteiger partial charge in [0.1, 0.15) is 5.69 Å². The van der Waals surface area contributed by atoms with Gasteiger partial charge in [-0.25, -0.2) is 0 Å². The van der Waals surface area contributed by atoms with Crippen LogP contribution < -0.4 is 0 Å². The Labute approximate surface area is 95.3 Å². The highest BCUT2D eigenvalue weighted by Gasteiger charge is 2.43. The number of benzene rings is 1. The van der Waals surface area contributed by atoms with Crippen LogP contribution >= 0.6 is 0 Å². The number of fused-ring (bicyclic) bond motifs is 5. The maximum Gasteiger partial charge on any atom is 0.112 e. The molecule has 1 aromatic carbocycles. The molecule has 1 fully saturated rings. The molecule has 0 N–H and O–H groups in total. The number of rotatable bonds is 1. The molecule has 2 heteroatoms. The molecule has 0 amide bonds. The summed E-state index contributed by atoms with van der Waals surface area (Å²) in [6.45, 7) is 4.36. The number of allylic oxidation sites excluding steroid dienone is 2. The van der Waals surface area contributed by atoms with E-state index in [1.165, 1.54) is 29.5 Å². The molecule has 0 aliphatic heterocycles. The first-order valence-corrected chi connectivity index (χ1v) is 5.87. The van der Waals surface area contributed by atoms with Crippen LogP contribution in [0.4, 0.5) is 5.69 Å². The van der Waals surface area contributed by atoms with Gasteiger partial charge in [0.15, 0.2) is 0 Å². The summed E-state index contributed by atoms with van der Waals surface area (Å²) in [4.78, 5) is 10.9. The van der Waals surface area contributed by atoms with Crippen molar-refractivity contribution in [2.75, 3.05) is 0 Å². The minimum absolute atomic E-state index is 0.471. The molecule has 2 bridgehead atoms. The molecule has 1 saturated carbocycles. The van der Waals surface area contributed by atoms with E-state index in [1.54, 1.807) is 5.57 Å². The maximum atomic E-state index is 10.9. The van der Waals surface area contributed by atoms with Crippen LogP contribution in [0.2, 0.25) is 0 Å². The van der Waals surface area contributed by atoms with Crippen molar-refractivity contribution in [3.8, 4) is 0 Å². The smallest absolute Gasteiger partial charge is 0.112 e. The predicted molar refractivity (Wildman–Crippen MR) is 65.0 cm³/mol. The monoisotopic (exact) mass is 213 g/mol. The summed E-state index contributed by atoms with van der Waals surface area (Å²) >= 11 is 0. The Balaban J connectivity index is 2.26. The summed E-state index contributed by atoms with van der Waals surface area (Å²) in [5.74, 6) is 1.03. The van der Waals surface area contributed by atoms with Crippen molar-refractivity contribution >= 4 is 5.69 Å². The molecule has 0 aromatic heterocycles. The van der Waals surface area contributed by atoms with Crippen molar-refractivity contribution in [1.82, 2.24) is 0 Å². The van der Waals surface area contributed by atoms with Crippen molar-refractivity contribution in [3.05, 3.63) is 45.4 Å². The Hall–Kier alpha value is -1.44. The predicted octanol–water partition coefficient (Wildman–Crippen LogP) is 4.40. The van der Waals surface area contributed by atoms with Gasteiger partial charge >= 0.3 is 0 Å². The maximum absolute atomic E-state index is 10.9. The van der Waals surface area contributed by atoms with E-state index in [0.29, 0.717) is 17.5 Å². The fourth-order valence-electron chi connectivity index (χ4n) is 3.54. The third-order valence-electron chi connectivity index (χ3n) is 4.01. The average molecular weight is 213 g/mol. The Morgan fingerprint density at radius 1 is 1.25 bits per heavy atom. The molecule has 0 radical (unpaired) electrons. The van der Waals surface area contributed by atoms with E-state index < -0.39 is 0 Å². The largest absolute Gasteiger partial charge is 0.145 e. The second-order valence-electron chi connectivity index (χ2n) is 5.01. The third-order valence-corrected chi connectivity index (χ3v) is 4.01. The Bertz CT molecular complexity index is 497. The van der Waals surface area contributed by atoms with Crippen molar-refractivity contribution in [3.63, 3.8) is 0 Å². The fourth-order valence-corrected chi connectivity index (χ4v) is 3.54. The molecule has 2 unspecified atom stereocenters. The van der Waals surface area contributed by atoms with E-state index in [1.807, 2.05) is 12.1 Å². The zero-order chi connectivity index (χ0) is 11.3. The van der Waals surface area contributed by atoms with Gasteiger partial charge in [0, 0.05) is 11.8 Å². The van der Waals surface area contributed by atoms with Gasteiger partial charge in [-0.2, -0.15) is 0 Å². The Morgan fingerprint density at radius 2 is 2.00 bits per heavy atom. The minimum atomic E-state index is 0.471. The summed E-state index contributed by atoms with van der Waals surface area (Å²) in [7, 11) is 0. The summed E-state index contributed by atoms with van der Waals surface area (Å²) in [5, 5.41) is 3.18. The first-order chi connectivity index (χ1) is 7.74. The molecule has 3 rings (SSSR count). The highest BCUT2D eigenvalue weighted by atomic mass is 16.3. The van der Waals surface area contributed by atoms with Gasteiger partial charge in [-0.15, -0.1) is 4.91 Å². The first kappa shape index (κ1) is 9.76. The molecule has 16 heavy (non-hydrogen) atoms. The normalized spacial score (nSPS) is 25.8. The number of nitrogens with zero attached hydrogens (tertiary/aromatic N) is 1. The van der Waals surface area contributed by atoms with Crippen molar-refractivity contribution in [2.45, 2.75) is 38.5 Å². The van der Waals surface area contributed by atoms with E-state index in [2.05, 4.69) is 25.1 Å². The third kappa shape index (κ3) is 1.07. The second-order valence-corrected chi connectivity index (χ2v) is 5.01. The highest BCUT2D eigenvalue weighted by Crippen LogP contribution is 2.59. The van der Waals surface area contributed by atoms with E-state index in [0.717, 1.165) is 0 Å². The number of nitroso groups, excluding NO2 is 1. The average Bonchev–Trinajstić information content (AvgIpc) is 2.84. The minimum Gasteiger partial charge on any atom is -0.145 e. The van der Waals surface area contributed by atoms with Gasteiger partial charge in [0.05, 0.1) is 0 Å². The molecule has 0 saturated heterocycles. The fraction of sp³-hybridized carbons (Fsp3) is 0.429. The van der Waals surface area contributed by atoms with Crippen molar-refractivity contribution in [1.29, 1.82) is 0 Å². The van der Waals surface area contributed by atoms with Gasteiger partial charge in [0.25, 0.3) is 0 Å². The SMILES string of the molecule is CC(C)=C1C2CCC1c1c(N=O)cccc12. The van der Waals surface area contributed by atoms with Gasteiger partial charge in [-0.05, 0) is 49.1 Å². The number of hydrogen-bond acceptors (Lipinski definition) is 2.